The second-order valence-electron chi connectivity index (χ2n) is 3.80. The van der Waals surface area contributed by atoms with Gasteiger partial charge in [0.15, 0.2) is 0 Å². The molecule has 2 aromatic heterocycles. The standard InChI is InChI=1S/C14H9BrN2O/c15-11-6-13(9-16-8-11)18-12-4-3-10-2-1-5-17-14(10)7-12/h1-9H. The molecule has 1 aromatic carbocycles. The molecule has 0 saturated heterocycles. The van der Waals surface area contributed by atoms with E-state index in [4.69, 9.17) is 4.74 Å². The lowest BCUT2D eigenvalue weighted by Gasteiger charge is -2.06. The zero-order valence-electron chi connectivity index (χ0n) is 9.38. The van der Waals surface area contributed by atoms with Gasteiger partial charge in [-0.05, 0) is 40.2 Å². The summed E-state index contributed by atoms with van der Waals surface area (Å²) in [5.41, 5.74) is 0.915. The van der Waals surface area contributed by atoms with Gasteiger partial charge in [0.1, 0.15) is 11.5 Å². The van der Waals surface area contributed by atoms with Crippen molar-refractivity contribution in [2.24, 2.45) is 0 Å². The predicted octanol–water partition coefficient (Wildman–Crippen LogP) is 4.18. The molecule has 0 amide bonds. The molecule has 0 aliphatic heterocycles. The topological polar surface area (TPSA) is 35.0 Å². The predicted molar refractivity (Wildman–Crippen MR) is 73.8 cm³/mol. The number of pyridine rings is 2. The van der Waals surface area contributed by atoms with E-state index in [1.807, 2.05) is 36.4 Å². The monoisotopic (exact) mass is 300 g/mol. The van der Waals surface area contributed by atoms with Crippen LogP contribution < -0.4 is 4.74 Å². The summed E-state index contributed by atoms with van der Waals surface area (Å²) in [5, 5.41) is 1.09. The van der Waals surface area contributed by atoms with Crippen LogP contribution in [0.2, 0.25) is 0 Å². The number of nitrogens with zero attached hydrogens (tertiary/aromatic N) is 2. The Morgan fingerprint density at radius 3 is 2.83 bits per heavy atom. The average Bonchev–Trinajstić information content (AvgIpc) is 2.39. The van der Waals surface area contributed by atoms with Crippen LogP contribution >= 0.6 is 15.9 Å². The van der Waals surface area contributed by atoms with E-state index in [0.29, 0.717) is 5.75 Å². The van der Waals surface area contributed by atoms with Gasteiger partial charge in [0.2, 0.25) is 0 Å². The van der Waals surface area contributed by atoms with Crippen LogP contribution in [-0.2, 0) is 0 Å². The van der Waals surface area contributed by atoms with Gasteiger partial charge in [-0.15, -0.1) is 0 Å². The van der Waals surface area contributed by atoms with Crippen LogP contribution in [0.1, 0.15) is 0 Å². The second kappa shape index (κ2) is 4.74. The number of rotatable bonds is 2. The summed E-state index contributed by atoms with van der Waals surface area (Å²) in [4.78, 5) is 8.35. The minimum atomic E-state index is 0.694. The molecule has 0 aliphatic rings. The molecular formula is C14H9BrN2O. The highest BCUT2D eigenvalue weighted by Gasteiger charge is 2.01. The van der Waals surface area contributed by atoms with Crippen molar-refractivity contribution in [2.75, 3.05) is 0 Å². The fourth-order valence-corrected chi connectivity index (χ4v) is 2.04. The summed E-state index contributed by atoms with van der Waals surface area (Å²) < 4.78 is 6.62. The lowest BCUT2D eigenvalue weighted by atomic mass is 10.2. The van der Waals surface area contributed by atoms with Gasteiger partial charge in [0.05, 0.1) is 11.7 Å². The van der Waals surface area contributed by atoms with E-state index in [-0.39, 0.29) is 0 Å². The summed E-state index contributed by atoms with van der Waals surface area (Å²) in [5.74, 6) is 1.45. The molecular weight excluding hydrogens is 292 g/mol. The fourth-order valence-electron chi connectivity index (χ4n) is 1.69. The number of hydrogen-bond acceptors (Lipinski definition) is 3. The van der Waals surface area contributed by atoms with Gasteiger partial charge in [-0.2, -0.15) is 0 Å². The molecule has 0 saturated carbocycles. The average molecular weight is 301 g/mol. The first-order valence-electron chi connectivity index (χ1n) is 5.44. The minimum absolute atomic E-state index is 0.694. The van der Waals surface area contributed by atoms with E-state index < -0.39 is 0 Å². The van der Waals surface area contributed by atoms with Crippen molar-refractivity contribution in [2.45, 2.75) is 0 Å². The Bertz CT molecular complexity index is 700. The van der Waals surface area contributed by atoms with Crippen molar-refractivity contribution in [1.82, 2.24) is 9.97 Å². The molecule has 0 unspecified atom stereocenters. The van der Waals surface area contributed by atoms with E-state index in [9.17, 15) is 0 Å². The van der Waals surface area contributed by atoms with Crippen LogP contribution in [0.15, 0.2) is 59.5 Å². The van der Waals surface area contributed by atoms with Crippen LogP contribution in [0, 0.1) is 0 Å². The molecule has 3 rings (SSSR count). The van der Waals surface area contributed by atoms with E-state index in [1.54, 1.807) is 18.6 Å². The Morgan fingerprint density at radius 2 is 1.94 bits per heavy atom. The molecule has 4 heteroatoms. The first kappa shape index (κ1) is 11.2. The molecule has 88 valence electrons. The lowest BCUT2D eigenvalue weighted by molar-refractivity contribution is 0.480. The molecule has 2 heterocycles. The van der Waals surface area contributed by atoms with Crippen LogP contribution in [-0.4, -0.2) is 9.97 Å². The summed E-state index contributed by atoms with van der Waals surface area (Å²) >= 11 is 3.36. The third-order valence-electron chi connectivity index (χ3n) is 2.49. The van der Waals surface area contributed by atoms with E-state index in [2.05, 4.69) is 25.9 Å². The number of benzene rings is 1. The van der Waals surface area contributed by atoms with Gasteiger partial charge in [0.25, 0.3) is 0 Å². The Hall–Kier alpha value is -1.94. The number of halogens is 1. The molecule has 0 bridgehead atoms. The van der Waals surface area contributed by atoms with Crippen molar-refractivity contribution in [3.8, 4) is 11.5 Å². The molecule has 0 atom stereocenters. The summed E-state index contributed by atoms with van der Waals surface area (Å²) in [7, 11) is 0. The van der Waals surface area contributed by atoms with Crippen LogP contribution in [0.25, 0.3) is 10.9 Å². The molecule has 3 nitrogen and oxygen atoms in total. The minimum Gasteiger partial charge on any atom is -0.456 e. The molecule has 3 aromatic rings. The highest BCUT2D eigenvalue weighted by Crippen LogP contribution is 2.25. The third kappa shape index (κ3) is 2.33. The highest BCUT2D eigenvalue weighted by atomic mass is 79.9. The molecule has 0 N–H and O–H groups in total. The van der Waals surface area contributed by atoms with Gasteiger partial charge in [0, 0.05) is 28.3 Å². The zero-order chi connectivity index (χ0) is 12.4. The normalized spacial score (nSPS) is 10.5. The molecule has 0 fully saturated rings. The maximum atomic E-state index is 5.73. The number of fused-ring (bicyclic) bond motifs is 1. The van der Waals surface area contributed by atoms with Crippen molar-refractivity contribution >= 4 is 26.8 Å². The molecule has 18 heavy (non-hydrogen) atoms. The van der Waals surface area contributed by atoms with Crippen molar-refractivity contribution in [3.05, 3.63) is 59.5 Å². The summed E-state index contributed by atoms with van der Waals surface area (Å²) in [6.07, 6.45) is 5.16. The smallest absolute Gasteiger partial charge is 0.146 e. The molecule has 0 aliphatic carbocycles. The number of hydrogen-bond donors (Lipinski definition) is 0. The number of aromatic nitrogens is 2. The van der Waals surface area contributed by atoms with Crippen molar-refractivity contribution in [3.63, 3.8) is 0 Å². The first-order chi connectivity index (χ1) is 8.81. The van der Waals surface area contributed by atoms with E-state index >= 15 is 0 Å². The molecule has 0 spiro atoms. The highest BCUT2D eigenvalue weighted by molar-refractivity contribution is 9.10. The third-order valence-corrected chi connectivity index (χ3v) is 2.93. The first-order valence-corrected chi connectivity index (χ1v) is 6.24. The lowest BCUT2D eigenvalue weighted by Crippen LogP contribution is -1.86. The quantitative estimate of drug-likeness (QED) is 0.712. The fraction of sp³-hybridized carbons (Fsp3) is 0. The Morgan fingerprint density at radius 1 is 1.00 bits per heavy atom. The van der Waals surface area contributed by atoms with Crippen molar-refractivity contribution in [1.29, 1.82) is 0 Å². The van der Waals surface area contributed by atoms with Gasteiger partial charge in [-0.1, -0.05) is 6.07 Å². The van der Waals surface area contributed by atoms with Crippen LogP contribution in [0.5, 0.6) is 11.5 Å². The maximum absolute atomic E-state index is 5.73. The second-order valence-corrected chi connectivity index (χ2v) is 4.71. The Labute approximate surface area is 113 Å². The summed E-state index contributed by atoms with van der Waals surface area (Å²) in [6.45, 7) is 0. The van der Waals surface area contributed by atoms with Gasteiger partial charge in [-0.3, -0.25) is 9.97 Å². The molecule has 0 radical (unpaired) electrons. The maximum Gasteiger partial charge on any atom is 0.146 e. The van der Waals surface area contributed by atoms with Crippen molar-refractivity contribution < 1.29 is 4.74 Å². The summed E-state index contributed by atoms with van der Waals surface area (Å²) in [6, 6.07) is 11.6. The van der Waals surface area contributed by atoms with Crippen LogP contribution in [0.3, 0.4) is 0 Å². The number of ether oxygens (including phenoxy) is 1. The Balaban J connectivity index is 1.95. The van der Waals surface area contributed by atoms with Crippen LogP contribution in [0.4, 0.5) is 0 Å². The Kier molecular flexibility index (Phi) is 2.94. The SMILES string of the molecule is Brc1cncc(Oc2ccc3cccnc3c2)c1. The zero-order valence-corrected chi connectivity index (χ0v) is 11.0. The largest absolute Gasteiger partial charge is 0.456 e. The van der Waals surface area contributed by atoms with E-state index in [1.165, 1.54) is 0 Å². The van der Waals surface area contributed by atoms with E-state index in [0.717, 1.165) is 21.1 Å². The van der Waals surface area contributed by atoms with Gasteiger partial charge < -0.3 is 4.74 Å². The van der Waals surface area contributed by atoms with Gasteiger partial charge >= 0.3 is 0 Å². The van der Waals surface area contributed by atoms with Gasteiger partial charge in [-0.25, -0.2) is 0 Å².